The molecule has 2 N–H and O–H groups in total. The van der Waals surface area contributed by atoms with Crippen LogP contribution in [0.25, 0.3) is 10.9 Å². The summed E-state index contributed by atoms with van der Waals surface area (Å²) in [6.45, 7) is 4.99. The molecule has 5 nitrogen and oxygen atoms in total. The summed E-state index contributed by atoms with van der Waals surface area (Å²) in [5.74, 6) is 1.79. The van der Waals surface area contributed by atoms with E-state index in [-0.39, 0.29) is 0 Å². The summed E-state index contributed by atoms with van der Waals surface area (Å²) < 4.78 is 11.0. The van der Waals surface area contributed by atoms with Crippen molar-refractivity contribution in [1.29, 1.82) is 0 Å². The van der Waals surface area contributed by atoms with E-state index in [1.807, 2.05) is 26.0 Å². The van der Waals surface area contributed by atoms with Gasteiger partial charge in [0.1, 0.15) is 12.1 Å². The second-order valence-corrected chi connectivity index (χ2v) is 3.44. The first-order valence-corrected chi connectivity index (χ1v) is 5.56. The molecule has 0 saturated carbocycles. The fourth-order valence-electron chi connectivity index (χ4n) is 1.62. The summed E-state index contributed by atoms with van der Waals surface area (Å²) in [5.41, 5.74) is 6.55. The molecule has 0 radical (unpaired) electrons. The van der Waals surface area contributed by atoms with Crippen LogP contribution in [0.2, 0.25) is 0 Å². The number of aromatic nitrogens is 2. The van der Waals surface area contributed by atoms with Gasteiger partial charge in [-0.15, -0.1) is 0 Å². The van der Waals surface area contributed by atoms with E-state index in [0.29, 0.717) is 30.5 Å². The SMILES string of the molecule is CCOc1cc2ncnc(N)c2cc1OCC. The molecule has 0 amide bonds. The molecule has 2 aromatic rings. The van der Waals surface area contributed by atoms with Gasteiger partial charge in [0.15, 0.2) is 11.5 Å². The van der Waals surface area contributed by atoms with Crippen molar-refractivity contribution >= 4 is 16.7 Å². The topological polar surface area (TPSA) is 70.3 Å². The van der Waals surface area contributed by atoms with Crippen LogP contribution in [0.3, 0.4) is 0 Å². The Bertz CT molecular complexity index is 528. The molecule has 17 heavy (non-hydrogen) atoms. The average molecular weight is 233 g/mol. The number of hydrogen-bond donors (Lipinski definition) is 1. The molecule has 1 aromatic carbocycles. The molecule has 0 aliphatic heterocycles. The third-order valence-corrected chi connectivity index (χ3v) is 2.33. The molecule has 0 spiro atoms. The Kier molecular flexibility index (Phi) is 3.27. The first kappa shape index (κ1) is 11.4. The second kappa shape index (κ2) is 4.86. The average Bonchev–Trinajstić information content (AvgIpc) is 2.32. The normalized spacial score (nSPS) is 10.5. The third-order valence-electron chi connectivity index (χ3n) is 2.33. The van der Waals surface area contributed by atoms with Crippen molar-refractivity contribution in [3.05, 3.63) is 18.5 Å². The van der Waals surface area contributed by atoms with E-state index in [2.05, 4.69) is 9.97 Å². The van der Waals surface area contributed by atoms with Crippen molar-refractivity contribution in [2.75, 3.05) is 18.9 Å². The third kappa shape index (κ3) is 2.22. The van der Waals surface area contributed by atoms with Gasteiger partial charge in [-0.3, -0.25) is 0 Å². The molecule has 1 heterocycles. The van der Waals surface area contributed by atoms with Crippen molar-refractivity contribution in [3.63, 3.8) is 0 Å². The highest BCUT2D eigenvalue weighted by molar-refractivity contribution is 5.90. The lowest BCUT2D eigenvalue weighted by Gasteiger charge is -2.12. The number of nitrogens with two attached hydrogens (primary N) is 1. The van der Waals surface area contributed by atoms with E-state index in [9.17, 15) is 0 Å². The van der Waals surface area contributed by atoms with E-state index >= 15 is 0 Å². The minimum atomic E-state index is 0.444. The Balaban J connectivity index is 2.59. The minimum absolute atomic E-state index is 0.444. The van der Waals surface area contributed by atoms with E-state index in [1.54, 1.807) is 0 Å². The Morgan fingerprint density at radius 1 is 1.06 bits per heavy atom. The van der Waals surface area contributed by atoms with Crippen LogP contribution in [0.4, 0.5) is 5.82 Å². The van der Waals surface area contributed by atoms with Crippen LogP contribution < -0.4 is 15.2 Å². The van der Waals surface area contributed by atoms with Gasteiger partial charge >= 0.3 is 0 Å². The maximum Gasteiger partial charge on any atom is 0.163 e. The number of nitrogen functional groups attached to an aromatic ring is 1. The van der Waals surface area contributed by atoms with Crippen LogP contribution >= 0.6 is 0 Å². The summed E-state index contributed by atoms with van der Waals surface area (Å²) in [4.78, 5) is 8.11. The maximum atomic E-state index is 5.80. The van der Waals surface area contributed by atoms with Crippen LogP contribution in [-0.2, 0) is 0 Å². The van der Waals surface area contributed by atoms with Crippen LogP contribution in [0.1, 0.15) is 13.8 Å². The Morgan fingerprint density at radius 2 is 1.71 bits per heavy atom. The zero-order valence-electron chi connectivity index (χ0n) is 9.93. The molecule has 0 aliphatic rings. The fraction of sp³-hybridized carbons (Fsp3) is 0.333. The number of benzene rings is 1. The van der Waals surface area contributed by atoms with Gasteiger partial charge in [-0.2, -0.15) is 0 Å². The highest BCUT2D eigenvalue weighted by Gasteiger charge is 2.10. The Labute approximate surface area is 99.6 Å². The van der Waals surface area contributed by atoms with Crippen molar-refractivity contribution < 1.29 is 9.47 Å². The Hall–Kier alpha value is -2.04. The Morgan fingerprint density at radius 3 is 2.35 bits per heavy atom. The zero-order valence-corrected chi connectivity index (χ0v) is 9.93. The highest BCUT2D eigenvalue weighted by atomic mass is 16.5. The zero-order chi connectivity index (χ0) is 12.3. The van der Waals surface area contributed by atoms with Gasteiger partial charge in [-0.05, 0) is 19.9 Å². The van der Waals surface area contributed by atoms with Gasteiger partial charge in [0, 0.05) is 11.5 Å². The lowest BCUT2D eigenvalue weighted by atomic mass is 10.2. The highest BCUT2D eigenvalue weighted by Crippen LogP contribution is 2.33. The van der Waals surface area contributed by atoms with Crippen LogP contribution in [0.15, 0.2) is 18.5 Å². The molecule has 0 aliphatic carbocycles. The van der Waals surface area contributed by atoms with Crippen LogP contribution in [0, 0.1) is 0 Å². The van der Waals surface area contributed by atoms with Crippen molar-refractivity contribution in [2.45, 2.75) is 13.8 Å². The smallest absolute Gasteiger partial charge is 0.163 e. The first-order valence-electron chi connectivity index (χ1n) is 5.56. The van der Waals surface area contributed by atoms with Crippen molar-refractivity contribution in [2.24, 2.45) is 0 Å². The standard InChI is InChI=1S/C12H15N3O2/c1-3-16-10-5-8-9(6-11(10)17-4-2)14-7-15-12(8)13/h5-7H,3-4H2,1-2H3,(H2,13,14,15). The molecule has 1 aromatic heterocycles. The van der Waals surface area contributed by atoms with E-state index in [0.717, 1.165) is 10.9 Å². The van der Waals surface area contributed by atoms with Gasteiger partial charge in [0.25, 0.3) is 0 Å². The largest absolute Gasteiger partial charge is 0.490 e. The molecule has 0 fully saturated rings. The fourth-order valence-corrected chi connectivity index (χ4v) is 1.62. The van der Waals surface area contributed by atoms with Crippen molar-refractivity contribution in [1.82, 2.24) is 9.97 Å². The van der Waals surface area contributed by atoms with E-state index in [1.165, 1.54) is 6.33 Å². The molecular weight excluding hydrogens is 218 g/mol. The van der Waals surface area contributed by atoms with Crippen LogP contribution in [0.5, 0.6) is 11.5 Å². The second-order valence-electron chi connectivity index (χ2n) is 3.44. The lowest BCUT2D eigenvalue weighted by molar-refractivity contribution is 0.288. The van der Waals surface area contributed by atoms with Gasteiger partial charge in [0.2, 0.25) is 0 Å². The predicted octanol–water partition coefficient (Wildman–Crippen LogP) is 2.01. The number of anilines is 1. The molecule has 90 valence electrons. The number of fused-ring (bicyclic) bond motifs is 1. The first-order chi connectivity index (χ1) is 8.26. The molecule has 5 heteroatoms. The molecule has 0 unspecified atom stereocenters. The minimum Gasteiger partial charge on any atom is -0.490 e. The van der Waals surface area contributed by atoms with Crippen LogP contribution in [-0.4, -0.2) is 23.2 Å². The molecule has 0 saturated heterocycles. The lowest BCUT2D eigenvalue weighted by Crippen LogP contribution is -2.00. The molecule has 0 atom stereocenters. The molecular formula is C12H15N3O2. The van der Waals surface area contributed by atoms with E-state index < -0.39 is 0 Å². The van der Waals surface area contributed by atoms with Gasteiger partial charge in [0.05, 0.1) is 18.7 Å². The predicted molar refractivity (Wildman–Crippen MR) is 66.3 cm³/mol. The van der Waals surface area contributed by atoms with Crippen molar-refractivity contribution in [3.8, 4) is 11.5 Å². The summed E-state index contributed by atoms with van der Waals surface area (Å²) in [6, 6.07) is 3.64. The summed E-state index contributed by atoms with van der Waals surface area (Å²) in [6.07, 6.45) is 1.44. The molecule has 0 bridgehead atoms. The quantitative estimate of drug-likeness (QED) is 0.874. The monoisotopic (exact) mass is 233 g/mol. The molecule has 2 rings (SSSR count). The number of hydrogen-bond acceptors (Lipinski definition) is 5. The number of rotatable bonds is 4. The maximum absolute atomic E-state index is 5.80. The summed E-state index contributed by atoms with van der Waals surface area (Å²) >= 11 is 0. The van der Waals surface area contributed by atoms with Gasteiger partial charge in [-0.1, -0.05) is 0 Å². The summed E-state index contributed by atoms with van der Waals surface area (Å²) in [7, 11) is 0. The number of ether oxygens (including phenoxy) is 2. The summed E-state index contributed by atoms with van der Waals surface area (Å²) in [5, 5.41) is 0.777. The van der Waals surface area contributed by atoms with Gasteiger partial charge < -0.3 is 15.2 Å². The van der Waals surface area contributed by atoms with E-state index in [4.69, 9.17) is 15.2 Å². The van der Waals surface area contributed by atoms with Gasteiger partial charge in [-0.25, -0.2) is 9.97 Å². The number of nitrogens with zero attached hydrogens (tertiary/aromatic N) is 2.